The maximum absolute atomic E-state index is 13.3. The summed E-state index contributed by atoms with van der Waals surface area (Å²) in [5, 5.41) is 1.85. The van der Waals surface area contributed by atoms with E-state index in [9.17, 15) is 4.79 Å². The van der Waals surface area contributed by atoms with Gasteiger partial charge in [-0.1, -0.05) is 36.4 Å². The van der Waals surface area contributed by atoms with Gasteiger partial charge in [-0.15, -0.1) is 0 Å². The number of amides is 1. The van der Waals surface area contributed by atoms with Gasteiger partial charge < -0.3 is 20.1 Å². The van der Waals surface area contributed by atoms with Crippen molar-refractivity contribution in [3.63, 3.8) is 0 Å². The zero-order valence-electron chi connectivity index (χ0n) is 17.6. The Morgan fingerprint density at radius 1 is 1.00 bits per heavy atom. The maximum Gasteiger partial charge on any atom is 0.254 e. The Hall–Kier alpha value is -3.05. The SMILES string of the molecule is COc1cc2cccc(C(=O)N3CCC(c4cccc(CN)c4)CC3)c2cc1OC. The molecule has 0 atom stereocenters. The average molecular weight is 405 g/mol. The van der Waals surface area contributed by atoms with Crippen LogP contribution < -0.4 is 15.2 Å². The molecule has 30 heavy (non-hydrogen) atoms. The standard InChI is InChI=1S/C25H28N2O3/c1-29-23-14-20-7-4-8-21(22(20)15-24(23)30-2)25(28)27-11-9-18(10-12-27)19-6-3-5-17(13-19)16-26/h3-8,13-15,18H,9-12,16,26H2,1-2H3. The highest BCUT2D eigenvalue weighted by Gasteiger charge is 2.26. The van der Waals surface area contributed by atoms with Crippen molar-refractivity contribution in [3.05, 3.63) is 71.3 Å². The minimum atomic E-state index is 0.0713. The summed E-state index contributed by atoms with van der Waals surface area (Å²) in [6.07, 6.45) is 1.92. The first-order valence-electron chi connectivity index (χ1n) is 10.4. The zero-order valence-corrected chi connectivity index (χ0v) is 17.6. The van der Waals surface area contributed by atoms with Gasteiger partial charge in [0.05, 0.1) is 14.2 Å². The number of fused-ring (bicyclic) bond motifs is 1. The van der Waals surface area contributed by atoms with Crippen molar-refractivity contribution in [2.45, 2.75) is 25.3 Å². The zero-order chi connectivity index (χ0) is 21.1. The molecule has 1 amide bonds. The quantitative estimate of drug-likeness (QED) is 0.687. The fourth-order valence-electron chi connectivity index (χ4n) is 4.35. The Morgan fingerprint density at radius 2 is 1.70 bits per heavy atom. The molecule has 1 aliphatic heterocycles. The van der Waals surface area contributed by atoms with Crippen molar-refractivity contribution in [1.29, 1.82) is 0 Å². The number of likely N-dealkylation sites (tertiary alicyclic amines) is 1. The largest absolute Gasteiger partial charge is 0.493 e. The molecule has 1 heterocycles. The summed E-state index contributed by atoms with van der Waals surface area (Å²) in [5.74, 6) is 1.83. The van der Waals surface area contributed by atoms with E-state index in [0.29, 0.717) is 29.5 Å². The van der Waals surface area contributed by atoms with E-state index in [1.807, 2.05) is 35.2 Å². The summed E-state index contributed by atoms with van der Waals surface area (Å²) in [7, 11) is 3.23. The van der Waals surface area contributed by atoms with E-state index < -0.39 is 0 Å². The average Bonchev–Trinajstić information content (AvgIpc) is 2.82. The molecule has 3 aromatic carbocycles. The van der Waals surface area contributed by atoms with Crippen LogP contribution in [0.2, 0.25) is 0 Å². The van der Waals surface area contributed by atoms with Gasteiger partial charge in [-0.05, 0) is 58.9 Å². The van der Waals surface area contributed by atoms with Crippen molar-refractivity contribution in [2.24, 2.45) is 5.73 Å². The monoisotopic (exact) mass is 404 g/mol. The van der Waals surface area contributed by atoms with Crippen LogP contribution in [0.4, 0.5) is 0 Å². The van der Waals surface area contributed by atoms with Crippen molar-refractivity contribution >= 4 is 16.7 Å². The van der Waals surface area contributed by atoms with E-state index in [-0.39, 0.29) is 5.91 Å². The summed E-state index contributed by atoms with van der Waals surface area (Å²) in [5.41, 5.74) is 8.98. The Labute approximate surface area is 177 Å². The minimum Gasteiger partial charge on any atom is -0.493 e. The topological polar surface area (TPSA) is 64.8 Å². The summed E-state index contributed by atoms with van der Waals surface area (Å²) >= 11 is 0. The van der Waals surface area contributed by atoms with E-state index in [1.54, 1.807) is 14.2 Å². The maximum atomic E-state index is 13.3. The summed E-state index contributed by atoms with van der Waals surface area (Å²) in [6.45, 7) is 2.06. The molecule has 4 rings (SSSR count). The first-order valence-corrected chi connectivity index (χ1v) is 10.4. The first kappa shape index (κ1) is 20.2. The van der Waals surface area contributed by atoms with Gasteiger partial charge in [-0.2, -0.15) is 0 Å². The highest BCUT2D eigenvalue weighted by molar-refractivity contribution is 6.07. The number of rotatable bonds is 5. The number of piperidine rings is 1. The van der Waals surface area contributed by atoms with Crippen LogP contribution in [-0.4, -0.2) is 38.1 Å². The molecule has 0 bridgehead atoms. The van der Waals surface area contributed by atoms with Gasteiger partial charge in [0.15, 0.2) is 11.5 Å². The van der Waals surface area contributed by atoms with E-state index in [4.69, 9.17) is 15.2 Å². The lowest BCUT2D eigenvalue weighted by Crippen LogP contribution is -2.38. The van der Waals surface area contributed by atoms with Crippen molar-refractivity contribution in [3.8, 4) is 11.5 Å². The Balaban J connectivity index is 1.55. The molecule has 0 radical (unpaired) electrons. The van der Waals surface area contributed by atoms with Gasteiger partial charge in [-0.3, -0.25) is 4.79 Å². The molecular formula is C25H28N2O3. The smallest absolute Gasteiger partial charge is 0.254 e. The lowest BCUT2D eigenvalue weighted by Gasteiger charge is -2.32. The molecule has 0 spiro atoms. The van der Waals surface area contributed by atoms with Crippen LogP contribution in [0.15, 0.2) is 54.6 Å². The van der Waals surface area contributed by atoms with Gasteiger partial charge in [0.1, 0.15) is 0 Å². The first-order chi connectivity index (χ1) is 14.6. The number of carbonyl (C=O) groups excluding carboxylic acids is 1. The normalized spacial score (nSPS) is 14.7. The molecule has 0 aliphatic carbocycles. The van der Waals surface area contributed by atoms with E-state index >= 15 is 0 Å². The molecule has 1 fully saturated rings. The number of hydrogen-bond acceptors (Lipinski definition) is 4. The second-order valence-corrected chi connectivity index (χ2v) is 7.75. The third kappa shape index (κ3) is 3.85. The third-order valence-electron chi connectivity index (χ3n) is 6.06. The lowest BCUT2D eigenvalue weighted by atomic mass is 9.88. The molecule has 5 nitrogen and oxygen atoms in total. The van der Waals surface area contributed by atoms with Gasteiger partial charge in [0.2, 0.25) is 0 Å². The van der Waals surface area contributed by atoms with Crippen LogP contribution in [0, 0.1) is 0 Å². The second kappa shape index (κ2) is 8.76. The molecule has 3 aromatic rings. The summed E-state index contributed by atoms with van der Waals surface area (Å²) in [4.78, 5) is 15.3. The summed E-state index contributed by atoms with van der Waals surface area (Å²) < 4.78 is 10.9. The predicted octanol–water partition coefficient (Wildman–Crippen LogP) is 4.34. The highest BCUT2D eigenvalue weighted by Crippen LogP contribution is 2.35. The lowest BCUT2D eigenvalue weighted by molar-refractivity contribution is 0.0715. The predicted molar refractivity (Wildman–Crippen MR) is 119 cm³/mol. The number of hydrogen-bond donors (Lipinski definition) is 1. The molecule has 5 heteroatoms. The van der Waals surface area contributed by atoms with Gasteiger partial charge in [0.25, 0.3) is 5.91 Å². The summed E-state index contributed by atoms with van der Waals surface area (Å²) in [6, 6.07) is 18.1. The molecule has 2 N–H and O–H groups in total. The molecule has 0 aromatic heterocycles. The molecule has 156 valence electrons. The van der Waals surface area contributed by atoms with Crippen molar-refractivity contribution in [1.82, 2.24) is 4.90 Å². The molecule has 1 saturated heterocycles. The van der Waals surface area contributed by atoms with E-state index in [2.05, 4.69) is 24.3 Å². The fraction of sp³-hybridized carbons (Fsp3) is 0.320. The van der Waals surface area contributed by atoms with Gasteiger partial charge in [-0.25, -0.2) is 0 Å². The van der Waals surface area contributed by atoms with Crippen molar-refractivity contribution in [2.75, 3.05) is 27.3 Å². The fourth-order valence-corrected chi connectivity index (χ4v) is 4.35. The van der Waals surface area contributed by atoms with Crippen LogP contribution in [-0.2, 0) is 6.54 Å². The molecule has 0 saturated carbocycles. The number of methoxy groups -OCH3 is 2. The Kier molecular flexibility index (Phi) is 5.91. The van der Waals surface area contributed by atoms with Crippen LogP contribution in [0.1, 0.15) is 40.2 Å². The number of nitrogens with zero attached hydrogens (tertiary/aromatic N) is 1. The number of carbonyl (C=O) groups is 1. The second-order valence-electron chi connectivity index (χ2n) is 7.75. The Morgan fingerprint density at radius 3 is 2.40 bits per heavy atom. The number of nitrogens with two attached hydrogens (primary N) is 1. The minimum absolute atomic E-state index is 0.0713. The van der Waals surface area contributed by atoms with E-state index in [1.165, 1.54) is 5.56 Å². The highest BCUT2D eigenvalue weighted by atomic mass is 16.5. The third-order valence-corrected chi connectivity index (χ3v) is 6.06. The number of benzene rings is 3. The van der Waals surface area contributed by atoms with Crippen LogP contribution >= 0.6 is 0 Å². The van der Waals surface area contributed by atoms with Crippen molar-refractivity contribution < 1.29 is 14.3 Å². The molecule has 1 aliphatic rings. The van der Waals surface area contributed by atoms with E-state index in [0.717, 1.165) is 42.3 Å². The Bertz CT molecular complexity index is 1060. The molecule has 0 unspecified atom stereocenters. The van der Waals surface area contributed by atoms with Crippen LogP contribution in [0.3, 0.4) is 0 Å². The van der Waals surface area contributed by atoms with Crippen LogP contribution in [0.5, 0.6) is 11.5 Å². The van der Waals surface area contributed by atoms with Gasteiger partial charge in [0, 0.05) is 25.2 Å². The number of ether oxygens (including phenoxy) is 2. The van der Waals surface area contributed by atoms with Gasteiger partial charge >= 0.3 is 0 Å². The molecular weight excluding hydrogens is 376 g/mol. The van der Waals surface area contributed by atoms with Crippen LogP contribution in [0.25, 0.3) is 10.8 Å².